The standard InChI is InChI=1S/C62H70F2N6S8Si/c1-7-13-17-19-23-45-41(63)29-49(73-45)47-27-25-43(71-47)39-33-65-57(59-55(39)67-77-69-59)51-31-53-61(75-51)62-54(79(53,35-37(11-5)21-15-9-3)36-38(12-6)22-16-10-4)32-52(76-62)58-60-56(68-78-70-60)40(34-66-58)44-26-28-48(72-44)50-30-42(64)46(74-50)24-20-18-14-8-2/h25-34,37-38H,7-24,35-36H2,1-6H3. The van der Waals surface area contributed by atoms with E-state index in [0.29, 0.717) is 11.8 Å². The molecule has 0 amide bonds. The van der Waals surface area contributed by atoms with Crippen LogP contribution in [0.15, 0.2) is 60.9 Å². The summed E-state index contributed by atoms with van der Waals surface area (Å²) in [7, 11) is -2.43. The molecule has 0 saturated heterocycles. The summed E-state index contributed by atoms with van der Waals surface area (Å²) < 4.78 is 50.3. The zero-order chi connectivity index (χ0) is 54.6. The molecule has 0 saturated carbocycles. The molecule has 414 valence electrons. The van der Waals surface area contributed by atoms with Crippen molar-refractivity contribution in [3.8, 4) is 71.3 Å². The number of hydrogen-bond donors (Lipinski definition) is 0. The zero-order valence-corrected chi connectivity index (χ0v) is 53.8. The number of unbranched alkanes of at least 4 members (excludes halogenated alkanes) is 8. The molecule has 1 aliphatic rings. The van der Waals surface area contributed by atoms with Crippen LogP contribution in [0.1, 0.15) is 154 Å². The molecule has 17 heteroatoms. The van der Waals surface area contributed by atoms with Gasteiger partial charge in [-0.05, 0) is 109 Å². The minimum atomic E-state index is -2.43. The van der Waals surface area contributed by atoms with Gasteiger partial charge in [-0.3, -0.25) is 9.97 Å². The zero-order valence-electron chi connectivity index (χ0n) is 46.3. The second kappa shape index (κ2) is 25.8. The molecule has 10 aromatic heterocycles. The third kappa shape index (κ3) is 11.7. The minimum Gasteiger partial charge on any atom is -0.252 e. The highest BCUT2D eigenvalue weighted by atomic mass is 32.1. The number of aryl methyl sites for hydroxylation is 2. The lowest BCUT2D eigenvalue weighted by Crippen LogP contribution is -2.56. The molecule has 0 spiro atoms. The first kappa shape index (κ1) is 57.1. The Bertz CT molecular complexity index is 3430. The summed E-state index contributed by atoms with van der Waals surface area (Å²) in [5.41, 5.74) is 7.22. The van der Waals surface area contributed by atoms with E-state index in [9.17, 15) is 0 Å². The van der Waals surface area contributed by atoms with E-state index in [-0.39, 0.29) is 11.6 Å². The summed E-state index contributed by atoms with van der Waals surface area (Å²) in [5.74, 6) is 1.11. The third-order valence-corrected chi connectivity index (χ3v) is 30.6. The Kier molecular flexibility index (Phi) is 18.6. The molecule has 0 aromatic carbocycles. The van der Waals surface area contributed by atoms with Crippen molar-refractivity contribution in [3.05, 3.63) is 82.3 Å². The average Bonchev–Trinajstić information content (AvgIpc) is 3.72. The molecule has 6 nitrogen and oxygen atoms in total. The minimum absolute atomic E-state index is 0.0814. The van der Waals surface area contributed by atoms with Crippen LogP contribution in [-0.2, 0) is 12.8 Å². The van der Waals surface area contributed by atoms with E-state index >= 15 is 8.78 Å². The van der Waals surface area contributed by atoms with E-state index in [1.54, 1.807) is 67.9 Å². The average molecular weight is 1220 g/mol. The van der Waals surface area contributed by atoms with Crippen molar-refractivity contribution in [2.75, 3.05) is 0 Å². The first-order valence-electron chi connectivity index (χ1n) is 29.0. The first-order valence-corrected chi connectivity index (χ1v) is 37.8. The van der Waals surface area contributed by atoms with E-state index in [4.69, 9.17) is 27.5 Å². The van der Waals surface area contributed by atoms with Gasteiger partial charge in [0.2, 0.25) is 0 Å². The molecule has 79 heavy (non-hydrogen) atoms. The highest BCUT2D eigenvalue weighted by Crippen LogP contribution is 2.51. The van der Waals surface area contributed by atoms with Crippen molar-refractivity contribution in [2.24, 2.45) is 11.8 Å². The van der Waals surface area contributed by atoms with Gasteiger partial charge in [-0.15, -0.1) is 68.0 Å². The van der Waals surface area contributed by atoms with Crippen LogP contribution in [0.4, 0.5) is 8.78 Å². The van der Waals surface area contributed by atoms with Crippen molar-refractivity contribution in [2.45, 2.75) is 169 Å². The molecule has 2 unspecified atom stereocenters. The fourth-order valence-corrected chi connectivity index (χ4v) is 27.8. The maximum Gasteiger partial charge on any atom is 0.137 e. The van der Waals surface area contributed by atoms with Crippen molar-refractivity contribution < 1.29 is 8.78 Å². The third-order valence-electron chi connectivity index (χ3n) is 16.4. The number of thiophene rings is 6. The lowest BCUT2D eigenvalue weighted by Gasteiger charge is -2.35. The van der Waals surface area contributed by atoms with Gasteiger partial charge in [-0.25, -0.2) is 8.78 Å². The van der Waals surface area contributed by atoms with Crippen molar-refractivity contribution in [3.63, 3.8) is 0 Å². The van der Waals surface area contributed by atoms with Crippen molar-refractivity contribution in [1.82, 2.24) is 27.5 Å². The highest BCUT2D eigenvalue weighted by Gasteiger charge is 2.50. The smallest absolute Gasteiger partial charge is 0.137 e. The maximum absolute atomic E-state index is 15.2. The number of hydrogen-bond acceptors (Lipinski definition) is 14. The number of halogens is 2. The largest absolute Gasteiger partial charge is 0.252 e. The Morgan fingerprint density at radius 1 is 0.430 bits per heavy atom. The SMILES string of the molecule is CCCCCCc1sc(-c2ccc(-c3cnc(-c4cc5c(s4)-c4sc(-c6ncc(-c7ccc(-c8cc(F)c(CCCCCC)s8)s7)c7nsnc67)cc4[Si]5(CC(CC)CCCC)CC(CC)CCCC)c4nsnc34)s2)cc1F. The molecule has 0 N–H and O–H groups in total. The number of fused-ring (bicyclic) bond motifs is 5. The lowest BCUT2D eigenvalue weighted by atomic mass is 10.0. The molecule has 11 rings (SSSR count). The number of nitrogens with zero attached hydrogens (tertiary/aromatic N) is 6. The van der Waals surface area contributed by atoms with Crippen LogP contribution in [0, 0.1) is 23.5 Å². The Hall–Kier alpha value is -3.78. The number of rotatable bonds is 28. The summed E-state index contributed by atoms with van der Waals surface area (Å²) in [4.78, 5) is 23.8. The molecule has 0 aliphatic carbocycles. The van der Waals surface area contributed by atoms with Crippen LogP contribution in [0.25, 0.3) is 93.4 Å². The Balaban J connectivity index is 0.969. The molecule has 0 bridgehead atoms. The van der Waals surface area contributed by atoms with Gasteiger partial charge in [0.05, 0.1) is 33.2 Å². The molecule has 1 aliphatic heterocycles. The van der Waals surface area contributed by atoms with E-state index < -0.39 is 8.07 Å². The molecule has 0 radical (unpaired) electrons. The van der Waals surface area contributed by atoms with Crippen LogP contribution < -0.4 is 10.4 Å². The van der Waals surface area contributed by atoms with Crippen LogP contribution >= 0.6 is 91.5 Å². The van der Waals surface area contributed by atoms with E-state index in [0.717, 1.165) is 122 Å². The predicted molar refractivity (Wildman–Crippen MR) is 346 cm³/mol. The molecular formula is C62H70F2N6S8Si. The second-order valence-corrected chi connectivity index (χ2v) is 33.4. The van der Waals surface area contributed by atoms with Gasteiger partial charge in [0.1, 0.15) is 53.2 Å². The summed E-state index contributed by atoms with van der Waals surface area (Å²) in [6.07, 6.45) is 24.5. The van der Waals surface area contributed by atoms with Crippen LogP contribution in [0.5, 0.6) is 0 Å². The van der Waals surface area contributed by atoms with Crippen molar-refractivity contribution >= 4 is 132 Å². The second-order valence-electron chi connectivity index (χ2n) is 21.7. The van der Waals surface area contributed by atoms with Gasteiger partial charge in [-0.2, -0.15) is 17.5 Å². The van der Waals surface area contributed by atoms with E-state index in [2.05, 4.69) is 77.9 Å². The normalized spacial score (nSPS) is 13.8. The summed E-state index contributed by atoms with van der Waals surface area (Å²) in [5, 5.41) is 3.18. The maximum atomic E-state index is 15.2. The first-order chi connectivity index (χ1) is 38.7. The topological polar surface area (TPSA) is 77.3 Å². The Morgan fingerprint density at radius 3 is 1.27 bits per heavy atom. The Labute approximate surface area is 498 Å². The summed E-state index contributed by atoms with van der Waals surface area (Å²) in [6.45, 7) is 13.9. The lowest BCUT2D eigenvalue weighted by molar-refractivity contribution is 0.469. The molecular weight excluding hydrogens is 1150 g/mol. The van der Waals surface area contributed by atoms with E-state index in [1.165, 1.54) is 132 Å². The van der Waals surface area contributed by atoms with Crippen LogP contribution in [0.2, 0.25) is 12.1 Å². The van der Waals surface area contributed by atoms with Gasteiger partial charge in [0.15, 0.2) is 0 Å². The monoisotopic (exact) mass is 1220 g/mol. The van der Waals surface area contributed by atoms with Crippen LogP contribution in [-0.4, -0.2) is 35.5 Å². The van der Waals surface area contributed by atoms with Gasteiger partial charge in [0, 0.05) is 72.3 Å². The number of pyridine rings is 2. The summed E-state index contributed by atoms with van der Waals surface area (Å²) >= 11 is 12.9. The molecule has 10 aromatic rings. The quantitative estimate of drug-likeness (QED) is 0.0359. The van der Waals surface area contributed by atoms with Gasteiger partial charge in [0.25, 0.3) is 0 Å². The van der Waals surface area contributed by atoms with Gasteiger partial charge >= 0.3 is 0 Å². The fraction of sp³-hybridized carbons (Fsp3) is 0.452. The molecule has 2 atom stereocenters. The van der Waals surface area contributed by atoms with Gasteiger partial charge in [-0.1, -0.05) is 131 Å². The molecule has 0 fully saturated rings. The van der Waals surface area contributed by atoms with Crippen LogP contribution in [0.3, 0.4) is 0 Å². The fourth-order valence-electron chi connectivity index (χ4n) is 11.9. The highest BCUT2D eigenvalue weighted by molar-refractivity contribution is 7.32. The van der Waals surface area contributed by atoms with Crippen molar-refractivity contribution in [1.29, 1.82) is 0 Å². The summed E-state index contributed by atoms with van der Waals surface area (Å²) in [6, 6.07) is 19.6. The Morgan fingerprint density at radius 2 is 0.848 bits per heavy atom. The predicted octanol–water partition coefficient (Wildman–Crippen LogP) is 21.4. The molecule has 11 heterocycles. The van der Waals surface area contributed by atoms with Gasteiger partial charge < -0.3 is 0 Å². The number of aromatic nitrogens is 6. The van der Waals surface area contributed by atoms with E-state index in [1.807, 2.05) is 35.1 Å².